The molecule has 0 spiro atoms. The molecule has 11 heteroatoms. The number of ether oxygens (including phenoxy) is 2. The maximum absolute atomic E-state index is 13.1. The van der Waals surface area contributed by atoms with Crippen molar-refractivity contribution >= 4 is 32.0 Å². The number of aryl methyl sites for hydroxylation is 2. The summed E-state index contributed by atoms with van der Waals surface area (Å²) in [7, 11) is -3.17. The standard InChI is InChI=1S/C22H21BrN2O7S/c1-5-31-22(27)21-18(12-20(26)25(24-21)16-8-6-7-15(23)11-16)32-33(28,29)19-10-14(3)13(2)9-17(19)30-4/h6-12H,5H2,1-4H3. The lowest BCUT2D eigenvalue weighted by Gasteiger charge is -2.15. The van der Waals surface area contributed by atoms with Crippen LogP contribution in [0, 0.1) is 13.8 Å². The van der Waals surface area contributed by atoms with Crippen LogP contribution in [0.25, 0.3) is 5.69 Å². The first-order valence-corrected chi connectivity index (χ1v) is 11.9. The molecule has 0 saturated heterocycles. The van der Waals surface area contributed by atoms with Crippen molar-refractivity contribution < 1.29 is 26.9 Å². The topological polar surface area (TPSA) is 114 Å². The van der Waals surface area contributed by atoms with Crippen molar-refractivity contribution in [1.29, 1.82) is 0 Å². The van der Waals surface area contributed by atoms with Crippen molar-refractivity contribution in [2.45, 2.75) is 25.7 Å². The summed E-state index contributed by atoms with van der Waals surface area (Å²) in [5.74, 6) is -1.44. The third kappa shape index (κ3) is 5.25. The fourth-order valence-electron chi connectivity index (χ4n) is 2.92. The predicted octanol–water partition coefficient (Wildman–Crippen LogP) is 3.56. The third-order valence-electron chi connectivity index (χ3n) is 4.67. The Morgan fingerprint density at radius 3 is 2.42 bits per heavy atom. The molecule has 0 saturated carbocycles. The zero-order valence-corrected chi connectivity index (χ0v) is 20.7. The Labute approximate surface area is 199 Å². The molecular formula is C22H21BrN2O7S. The molecule has 33 heavy (non-hydrogen) atoms. The first-order valence-electron chi connectivity index (χ1n) is 9.74. The molecule has 0 amide bonds. The highest BCUT2D eigenvalue weighted by molar-refractivity contribution is 9.10. The van der Waals surface area contributed by atoms with Crippen molar-refractivity contribution in [3.8, 4) is 17.2 Å². The highest BCUT2D eigenvalue weighted by atomic mass is 79.9. The summed E-state index contributed by atoms with van der Waals surface area (Å²) >= 11 is 3.31. The molecule has 0 aliphatic carbocycles. The Kier molecular flexibility index (Phi) is 7.23. The fraction of sp³-hybridized carbons (Fsp3) is 0.227. The predicted molar refractivity (Wildman–Crippen MR) is 124 cm³/mol. The van der Waals surface area contributed by atoms with Gasteiger partial charge in [-0.2, -0.15) is 18.2 Å². The highest BCUT2D eigenvalue weighted by Gasteiger charge is 2.28. The molecule has 0 fully saturated rings. The minimum Gasteiger partial charge on any atom is -0.495 e. The highest BCUT2D eigenvalue weighted by Crippen LogP contribution is 2.30. The number of aromatic nitrogens is 2. The number of benzene rings is 2. The van der Waals surface area contributed by atoms with Crippen LogP contribution in [0.1, 0.15) is 28.5 Å². The van der Waals surface area contributed by atoms with E-state index < -0.39 is 33.1 Å². The molecule has 0 radical (unpaired) electrons. The van der Waals surface area contributed by atoms with Gasteiger partial charge in [-0.15, -0.1) is 0 Å². The van der Waals surface area contributed by atoms with E-state index in [1.807, 2.05) is 0 Å². The second-order valence-corrected chi connectivity index (χ2v) is 9.36. The number of rotatable bonds is 7. The number of methoxy groups -OCH3 is 1. The van der Waals surface area contributed by atoms with Gasteiger partial charge < -0.3 is 13.7 Å². The van der Waals surface area contributed by atoms with Crippen LogP contribution >= 0.6 is 15.9 Å². The van der Waals surface area contributed by atoms with Crippen LogP contribution in [-0.2, 0) is 14.9 Å². The lowest BCUT2D eigenvalue weighted by Crippen LogP contribution is -2.26. The minimum atomic E-state index is -4.50. The summed E-state index contributed by atoms with van der Waals surface area (Å²) in [6, 6.07) is 10.5. The van der Waals surface area contributed by atoms with Crippen LogP contribution in [0.3, 0.4) is 0 Å². The average Bonchev–Trinajstić information content (AvgIpc) is 2.75. The zero-order chi connectivity index (χ0) is 24.3. The first kappa shape index (κ1) is 24.5. The van der Waals surface area contributed by atoms with Gasteiger partial charge in [0.15, 0.2) is 5.75 Å². The summed E-state index contributed by atoms with van der Waals surface area (Å²) in [4.78, 5) is 25.1. The largest absolute Gasteiger partial charge is 0.495 e. The van der Waals surface area contributed by atoms with Crippen LogP contribution in [0.15, 0.2) is 56.6 Å². The summed E-state index contributed by atoms with van der Waals surface area (Å²) in [5.41, 5.74) is 0.675. The molecule has 3 aromatic rings. The molecule has 1 aromatic heterocycles. The number of esters is 1. The second kappa shape index (κ2) is 9.75. The van der Waals surface area contributed by atoms with E-state index >= 15 is 0 Å². The number of hydrogen-bond acceptors (Lipinski definition) is 8. The third-order valence-corrected chi connectivity index (χ3v) is 6.42. The Bertz CT molecular complexity index is 1380. The molecule has 0 N–H and O–H groups in total. The van der Waals surface area contributed by atoms with E-state index in [1.165, 1.54) is 13.2 Å². The van der Waals surface area contributed by atoms with Crippen LogP contribution in [0.5, 0.6) is 11.5 Å². The van der Waals surface area contributed by atoms with Gasteiger partial charge in [0.25, 0.3) is 5.56 Å². The van der Waals surface area contributed by atoms with Gasteiger partial charge in [-0.25, -0.2) is 4.79 Å². The number of carbonyl (C=O) groups is 1. The quantitative estimate of drug-likeness (QED) is 0.332. The van der Waals surface area contributed by atoms with E-state index in [0.29, 0.717) is 15.7 Å². The Balaban J connectivity index is 2.16. The number of carbonyl (C=O) groups excluding carboxylic acids is 1. The fourth-order valence-corrected chi connectivity index (χ4v) is 4.47. The van der Waals surface area contributed by atoms with Crippen LogP contribution in [0.2, 0.25) is 0 Å². The second-order valence-electron chi connectivity index (χ2n) is 6.93. The Hall–Kier alpha value is -3.18. The summed E-state index contributed by atoms with van der Waals surface area (Å²) < 4.78 is 43.2. The van der Waals surface area contributed by atoms with Gasteiger partial charge in [-0.1, -0.05) is 22.0 Å². The molecule has 0 atom stereocenters. The SMILES string of the molecule is CCOC(=O)c1nn(-c2cccc(Br)c2)c(=O)cc1OS(=O)(=O)c1cc(C)c(C)cc1OC. The number of halogens is 1. The monoisotopic (exact) mass is 536 g/mol. The molecule has 0 aliphatic heterocycles. The van der Waals surface area contributed by atoms with Gasteiger partial charge in [0, 0.05) is 4.47 Å². The normalized spacial score (nSPS) is 11.2. The molecule has 3 rings (SSSR count). The minimum absolute atomic E-state index is 0.00763. The molecular weight excluding hydrogens is 516 g/mol. The van der Waals surface area contributed by atoms with Gasteiger partial charge in [0.05, 0.1) is 25.5 Å². The number of hydrogen-bond donors (Lipinski definition) is 0. The van der Waals surface area contributed by atoms with Gasteiger partial charge >= 0.3 is 16.1 Å². The van der Waals surface area contributed by atoms with E-state index in [2.05, 4.69) is 21.0 Å². The Morgan fingerprint density at radius 1 is 1.09 bits per heavy atom. The van der Waals surface area contributed by atoms with Gasteiger partial charge in [0.2, 0.25) is 5.69 Å². The smallest absolute Gasteiger partial charge is 0.362 e. The first-order chi connectivity index (χ1) is 15.6. The van der Waals surface area contributed by atoms with E-state index in [9.17, 15) is 18.0 Å². The van der Waals surface area contributed by atoms with E-state index in [-0.39, 0.29) is 17.3 Å². The van der Waals surface area contributed by atoms with Crippen LogP contribution in [-0.4, -0.2) is 37.9 Å². The van der Waals surface area contributed by atoms with Crippen molar-refractivity contribution in [3.63, 3.8) is 0 Å². The van der Waals surface area contributed by atoms with Gasteiger partial charge in [-0.3, -0.25) is 4.79 Å². The van der Waals surface area contributed by atoms with Gasteiger partial charge in [-0.05, 0) is 62.2 Å². The molecule has 174 valence electrons. The van der Waals surface area contributed by atoms with E-state index in [1.54, 1.807) is 51.1 Å². The van der Waals surface area contributed by atoms with Gasteiger partial charge in [0.1, 0.15) is 10.6 Å². The lowest BCUT2D eigenvalue weighted by atomic mass is 10.1. The summed E-state index contributed by atoms with van der Waals surface area (Å²) in [5, 5.41) is 4.04. The van der Waals surface area contributed by atoms with Crippen molar-refractivity contribution in [2.24, 2.45) is 0 Å². The Morgan fingerprint density at radius 2 is 1.79 bits per heavy atom. The zero-order valence-electron chi connectivity index (χ0n) is 18.3. The lowest BCUT2D eigenvalue weighted by molar-refractivity contribution is 0.0515. The molecule has 1 heterocycles. The van der Waals surface area contributed by atoms with Crippen LogP contribution in [0.4, 0.5) is 0 Å². The van der Waals surface area contributed by atoms with Crippen LogP contribution < -0.4 is 14.5 Å². The van der Waals surface area contributed by atoms with Crippen molar-refractivity contribution in [2.75, 3.05) is 13.7 Å². The number of nitrogens with zero attached hydrogens (tertiary/aromatic N) is 2. The van der Waals surface area contributed by atoms with E-state index in [0.717, 1.165) is 16.3 Å². The van der Waals surface area contributed by atoms with E-state index in [4.69, 9.17) is 13.7 Å². The molecule has 0 aliphatic rings. The van der Waals surface area contributed by atoms with Crippen molar-refractivity contribution in [1.82, 2.24) is 9.78 Å². The average molecular weight is 537 g/mol. The molecule has 0 bridgehead atoms. The molecule has 0 unspecified atom stereocenters. The summed E-state index contributed by atoms with van der Waals surface area (Å²) in [6.45, 7) is 5.13. The molecule has 9 nitrogen and oxygen atoms in total. The maximum Gasteiger partial charge on any atom is 0.362 e. The molecule has 2 aromatic carbocycles. The summed E-state index contributed by atoms with van der Waals surface area (Å²) in [6.07, 6.45) is 0. The van der Waals surface area contributed by atoms with Crippen molar-refractivity contribution in [3.05, 3.63) is 74.1 Å². The maximum atomic E-state index is 13.1.